The minimum atomic E-state index is -2.41. The third-order valence-electron chi connectivity index (χ3n) is 7.92. The Labute approximate surface area is 259 Å². The molecule has 0 aromatic rings. The molecule has 0 heteroatoms. The highest BCUT2D eigenvalue weighted by atomic mass is 14.3. The van der Waals surface area contributed by atoms with E-state index in [1.165, 1.54) is 23.3 Å². The molecule has 0 radical (unpaired) electrons. The van der Waals surface area contributed by atoms with Crippen molar-refractivity contribution in [2.75, 3.05) is 0 Å². The van der Waals surface area contributed by atoms with Gasteiger partial charge in [0.05, 0.1) is 2.74 Å². The van der Waals surface area contributed by atoms with Crippen LogP contribution in [-0.2, 0) is 0 Å². The van der Waals surface area contributed by atoms with Gasteiger partial charge in [-0.25, -0.2) is 0 Å². The van der Waals surface area contributed by atoms with Crippen LogP contribution in [0.25, 0.3) is 0 Å². The maximum Gasteiger partial charge on any atom is 0.0625 e. The Kier molecular flexibility index (Phi) is 9.00. The van der Waals surface area contributed by atoms with Crippen LogP contribution in [0.4, 0.5) is 0 Å². The molecule has 0 unspecified atom stereocenters. The molecule has 0 saturated heterocycles. The van der Waals surface area contributed by atoms with E-state index in [0.29, 0.717) is 0 Å². The van der Waals surface area contributed by atoms with Gasteiger partial charge < -0.3 is 0 Å². The van der Waals surface area contributed by atoms with Crippen LogP contribution in [-0.4, -0.2) is 0 Å². The molecular formula is C40H56. The average molecular weight is 545 g/mol. The molecule has 0 aromatic heterocycles. The fourth-order valence-corrected chi connectivity index (χ4v) is 5.50. The molecule has 0 heterocycles. The number of allylic oxidation sites excluding steroid dienone is 22. The van der Waals surface area contributed by atoms with Gasteiger partial charge in [0.25, 0.3) is 0 Å². The molecule has 2 aliphatic carbocycles. The van der Waals surface area contributed by atoms with Gasteiger partial charge in [-0.1, -0.05) is 146 Å². The Morgan fingerprint density at radius 2 is 1.02 bits per heavy atom. The van der Waals surface area contributed by atoms with Crippen LogP contribution in [0.5, 0.6) is 0 Å². The quantitative estimate of drug-likeness (QED) is 0.240. The monoisotopic (exact) mass is 544 g/mol. The van der Waals surface area contributed by atoms with E-state index in [2.05, 4.69) is 41.5 Å². The summed E-state index contributed by atoms with van der Waals surface area (Å²) in [6, 6.07) is -0.0916. The fourth-order valence-electron chi connectivity index (χ4n) is 5.50. The van der Waals surface area contributed by atoms with Crippen molar-refractivity contribution in [3.05, 3.63) is 130 Å². The van der Waals surface area contributed by atoms with E-state index in [0.717, 1.165) is 60.8 Å². The lowest BCUT2D eigenvalue weighted by Gasteiger charge is -2.33. The molecule has 0 aliphatic heterocycles. The van der Waals surface area contributed by atoms with Crippen molar-refractivity contribution < 1.29 is 11.0 Å². The van der Waals surface area contributed by atoms with Crippen LogP contribution < -0.4 is 0 Å². The van der Waals surface area contributed by atoms with Crippen molar-refractivity contribution >= 4 is 0 Å². The van der Waals surface area contributed by atoms with E-state index in [1.807, 2.05) is 50.3 Å². The highest BCUT2D eigenvalue weighted by molar-refractivity contribution is 5.39. The minimum Gasteiger partial charge on any atom is -0.0696 e. The van der Waals surface area contributed by atoms with Crippen molar-refractivity contribution in [3.8, 4) is 0 Å². The highest BCUT2D eigenvalue weighted by Gasteiger charge is 2.27. The zero-order chi connectivity index (χ0) is 36.5. The molecule has 40 heavy (non-hydrogen) atoms. The third-order valence-corrected chi connectivity index (χ3v) is 7.92. The molecule has 0 saturated carbocycles. The summed E-state index contributed by atoms with van der Waals surface area (Å²) in [5.74, 6) is 0. The molecule has 0 N–H and O–H groups in total. The van der Waals surface area contributed by atoms with Crippen molar-refractivity contribution in [2.45, 2.75) is 108 Å². The normalized spacial score (nSPS) is 26.0. The first-order chi connectivity index (χ1) is 22.1. The molecule has 0 spiro atoms. The van der Waals surface area contributed by atoms with Gasteiger partial charge in [-0.3, -0.25) is 0 Å². The number of hydrogen-bond acceptors (Lipinski definition) is 0. The Bertz CT molecular complexity index is 1400. The molecule has 0 aromatic carbocycles. The molecule has 216 valence electrons. The number of rotatable bonds is 10. The van der Waals surface area contributed by atoms with Gasteiger partial charge in [0, 0.05) is 8.22 Å². The molecule has 0 bridgehead atoms. The van der Waals surface area contributed by atoms with E-state index in [1.54, 1.807) is 24.3 Å². The molecule has 0 amide bonds. The Morgan fingerprint density at radius 1 is 0.625 bits per heavy atom. The van der Waals surface area contributed by atoms with E-state index in [4.69, 9.17) is 11.0 Å². The highest BCUT2D eigenvalue weighted by Crippen LogP contribution is 2.41. The molecular weight excluding hydrogens is 480 g/mol. The van der Waals surface area contributed by atoms with Crippen LogP contribution >= 0.6 is 0 Å². The van der Waals surface area contributed by atoms with E-state index < -0.39 is 13.7 Å². The summed E-state index contributed by atoms with van der Waals surface area (Å²) in [6.07, 6.45) is 27.2. The second kappa shape index (κ2) is 15.8. The van der Waals surface area contributed by atoms with Crippen molar-refractivity contribution in [3.63, 3.8) is 0 Å². The molecule has 0 atom stereocenters. The smallest absolute Gasteiger partial charge is 0.0625 e. The largest absolute Gasteiger partial charge is 0.0696 e. The summed E-state index contributed by atoms with van der Waals surface area (Å²) < 4.78 is 65.1. The Morgan fingerprint density at radius 3 is 1.38 bits per heavy atom. The SMILES string of the molecule is [2H]C(/C=C/C(C)=C/C=C/C=C(C)/C=C/C([2H])=C(/C=C/C1=C(C)CCCC1(C)C)C([2H])([2H])[2H])=C(\C=C\C1=C(C)CCCC1(C)C)C([2H])([2H])[2H]. The van der Waals surface area contributed by atoms with Crippen LogP contribution in [0.15, 0.2) is 130 Å². The fraction of sp³-hybridized carbons (Fsp3) is 0.450. The third kappa shape index (κ3) is 11.3. The van der Waals surface area contributed by atoms with Crippen LogP contribution in [0.3, 0.4) is 0 Å². The van der Waals surface area contributed by atoms with E-state index in [-0.39, 0.29) is 34.1 Å². The lowest BCUT2D eigenvalue weighted by molar-refractivity contribution is 0.376. The molecule has 2 rings (SSSR count). The Hall–Kier alpha value is -2.86. The zero-order valence-corrected chi connectivity index (χ0v) is 26.2. The first-order valence-corrected chi connectivity index (χ1v) is 14.6. The van der Waals surface area contributed by atoms with Crippen molar-refractivity contribution in [1.29, 1.82) is 0 Å². The van der Waals surface area contributed by atoms with Crippen molar-refractivity contribution in [1.82, 2.24) is 0 Å². The molecule has 2 aliphatic rings. The topological polar surface area (TPSA) is 0 Å². The molecule has 0 nitrogen and oxygen atoms in total. The summed E-state index contributed by atoms with van der Waals surface area (Å²) in [5, 5.41) is 0. The van der Waals surface area contributed by atoms with Gasteiger partial charge in [-0.15, -0.1) is 0 Å². The maximum absolute atomic E-state index is 8.51. The van der Waals surface area contributed by atoms with Gasteiger partial charge in [-0.2, -0.15) is 0 Å². The van der Waals surface area contributed by atoms with Crippen LogP contribution in [0, 0.1) is 10.8 Å². The standard InChI is InChI=1S/C40H56/c1-31(19-13-21-33(3)25-27-37-35(5)23-15-29-39(37,7)8)17-11-12-18-32(2)20-14-22-34(4)26-28-38-36(6)24-16-30-40(38,9)10/h11-14,17-22,25-28H,15-16,23-24,29-30H2,1-10H3/b12-11+,19-13+,20-14+,27-25+,28-26+,31-17+,32-18+,33-21+,34-22+/i3D3,4D3,21D,22D. The summed E-state index contributed by atoms with van der Waals surface area (Å²) in [5.41, 5.74) is 6.53. The van der Waals surface area contributed by atoms with Crippen molar-refractivity contribution in [2.24, 2.45) is 10.8 Å². The lowest BCUT2D eigenvalue weighted by Crippen LogP contribution is -2.19. The van der Waals surface area contributed by atoms with Gasteiger partial charge in [-0.05, 0) is 102 Å². The van der Waals surface area contributed by atoms with E-state index in [9.17, 15) is 0 Å². The van der Waals surface area contributed by atoms with Crippen LogP contribution in [0.2, 0.25) is 0 Å². The van der Waals surface area contributed by atoms with Gasteiger partial charge in [0.15, 0.2) is 0 Å². The summed E-state index contributed by atoms with van der Waals surface area (Å²) in [6.45, 7) is 11.9. The predicted molar refractivity (Wildman–Crippen MR) is 181 cm³/mol. The van der Waals surface area contributed by atoms with Gasteiger partial charge in [0.2, 0.25) is 0 Å². The number of hydrogen-bond donors (Lipinski definition) is 0. The second-order valence-electron chi connectivity index (χ2n) is 12.5. The molecule has 0 fully saturated rings. The summed E-state index contributed by atoms with van der Waals surface area (Å²) >= 11 is 0. The van der Waals surface area contributed by atoms with Crippen LogP contribution in [0.1, 0.15) is 119 Å². The van der Waals surface area contributed by atoms with E-state index >= 15 is 0 Å². The zero-order valence-electron chi connectivity index (χ0n) is 34.2. The summed E-state index contributed by atoms with van der Waals surface area (Å²) in [4.78, 5) is 0. The lowest BCUT2D eigenvalue weighted by atomic mass is 9.72. The summed E-state index contributed by atoms with van der Waals surface area (Å²) in [7, 11) is 0. The predicted octanol–water partition coefficient (Wildman–Crippen LogP) is 12.6. The van der Waals surface area contributed by atoms with Gasteiger partial charge in [0.1, 0.15) is 0 Å². The first kappa shape index (κ1) is 22.8. The van der Waals surface area contributed by atoms with Gasteiger partial charge >= 0.3 is 0 Å². The second-order valence-corrected chi connectivity index (χ2v) is 12.5. The Balaban J connectivity index is 2.21. The average Bonchev–Trinajstić information content (AvgIpc) is 2.94. The first-order valence-electron chi connectivity index (χ1n) is 18.6. The maximum atomic E-state index is 8.51. The minimum absolute atomic E-state index is 0.0130.